The molecular weight excluding hydrogens is 343 g/mol. The van der Waals surface area contributed by atoms with E-state index in [1.165, 1.54) is 12.1 Å². The third-order valence-electron chi connectivity index (χ3n) is 2.66. The first kappa shape index (κ1) is 14.9. The summed E-state index contributed by atoms with van der Waals surface area (Å²) >= 11 is 8.20. The zero-order valence-electron chi connectivity index (χ0n) is 10.9. The lowest BCUT2D eigenvalue weighted by atomic mass is 10.1. The molecule has 0 aliphatic heterocycles. The Labute approximate surface area is 130 Å². The molecular formula is C14H12BrFN2OS. The maximum atomic E-state index is 13.8. The molecule has 20 heavy (non-hydrogen) atoms. The Morgan fingerprint density at radius 3 is 2.65 bits per heavy atom. The van der Waals surface area contributed by atoms with Crippen LogP contribution in [0, 0.1) is 19.7 Å². The van der Waals surface area contributed by atoms with E-state index in [2.05, 4.69) is 20.9 Å². The second kappa shape index (κ2) is 5.85. The molecule has 0 spiro atoms. The highest BCUT2D eigenvalue weighted by atomic mass is 79.9. The fraction of sp³-hybridized carbons (Fsp3) is 0.143. The Kier molecular flexibility index (Phi) is 4.35. The summed E-state index contributed by atoms with van der Waals surface area (Å²) in [6.07, 6.45) is 0. The number of halogens is 2. The predicted octanol–water partition coefficient (Wildman–Crippen LogP) is 4.03. The van der Waals surface area contributed by atoms with Gasteiger partial charge in [0.25, 0.3) is 0 Å². The number of ether oxygens (including phenoxy) is 1. The van der Waals surface area contributed by atoms with Gasteiger partial charge in [-0.15, -0.1) is 0 Å². The zero-order valence-corrected chi connectivity index (χ0v) is 13.3. The standard InChI is InChI=1S/C14H12BrFN2OS/c1-7-5-8(2)18-14(12(7)13(17)20)19-11-4-3-9(15)6-10(11)16/h3-6H,1-2H3,(H2,17,20). The number of thiocarbonyl (C=S) groups is 1. The van der Waals surface area contributed by atoms with E-state index in [-0.39, 0.29) is 16.6 Å². The summed E-state index contributed by atoms with van der Waals surface area (Å²) in [7, 11) is 0. The van der Waals surface area contributed by atoms with Gasteiger partial charge in [0.05, 0.1) is 5.56 Å². The highest BCUT2D eigenvalue weighted by molar-refractivity contribution is 9.10. The van der Waals surface area contributed by atoms with Crippen LogP contribution in [0.2, 0.25) is 0 Å². The van der Waals surface area contributed by atoms with Gasteiger partial charge in [0.15, 0.2) is 11.6 Å². The van der Waals surface area contributed by atoms with Crippen LogP contribution in [0.25, 0.3) is 0 Å². The maximum absolute atomic E-state index is 13.8. The van der Waals surface area contributed by atoms with Gasteiger partial charge in [-0.2, -0.15) is 0 Å². The fourth-order valence-electron chi connectivity index (χ4n) is 1.84. The normalized spacial score (nSPS) is 10.4. The first-order chi connectivity index (χ1) is 9.38. The van der Waals surface area contributed by atoms with Gasteiger partial charge in [-0.05, 0) is 43.7 Å². The maximum Gasteiger partial charge on any atom is 0.230 e. The largest absolute Gasteiger partial charge is 0.435 e. The summed E-state index contributed by atoms with van der Waals surface area (Å²) in [6, 6.07) is 6.36. The Hall–Kier alpha value is -1.53. The van der Waals surface area contributed by atoms with Crippen molar-refractivity contribution in [2.24, 2.45) is 5.73 Å². The zero-order chi connectivity index (χ0) is 14.9. The molecule has 104 valence electrons. The molecule has 0 fully saturated rings. The Morgan fingerprint density at radius 2 is 2.05 bits per heavy atom. The van der Waals surface area contributed by atoms with Crippen LogP contribution in [-0.2, 0) is 0 Å². The van der Waals surface area contributed by atoms with Crippen molar-refractivity contribution in [3.63, 3.8) is 0 Å². The lowest BCUT2D eigenvalue weighted by molar-refractivity contribution is 0.425. The third-order valence-corrected chi connectivity index (χ3v) is 3.36. The minimum absolute atomic E-state index is 0.0724. The van der Waals surface area contributed by atoms with E-state index in [0.717, 1.165) is 11.3 Å². The van der Waals surface area contributed by atoms with Gasteiger partial charge in [-0.3, -0.25) is 0 Å². The molecule has 2 rings (SSSR count). The molecule has 3 nitrogen and oxygen atoms in total. The summed E-state index contributed by atoms with van der Waals surface area (Å²) in [5.41, 5.74) is 7.80. The van der Waals surface area contributed by atoms with E-state index < -0.39 is 5.82 Å². The number of hydrogen-bond donors (Lipinski definition) is 1. The average molecular weight is 355 g/mol. The lowest BCUT2D eigenvalue weighted by Crippen LogP contribution is -2.14. The molecule has 0 aliphatic rings. The molecule has 1 aromatic heterocycles. The first-order valence-electron chi connectivity index (χ1n) is 5.79. The van der Waals surface area contributed by atoms with Crippen molar-refractivity contribution in [2.45, 2.75) is 13.8 Å². The van der Waals surface area contributed by atoms with Crippen molar-refractivity contribution in [3.8, 4) is 11.6 Å². The van der Waals surface area contributed by atoms with Crippen LogP contribution < -0.4 is 10.5 Å². The van der Waals surface area contributed by atoms with Crippen LogP contribution in [0.4, 0.5) is 4.39 Å². The van der Waals surface area contributed by atoms with Crippen molar-refractivity contribution in [1.82, 2.24) is 4.98 Å². The Morgan fingerprint density at radius 1 is 1.35 bits per heavy atom. The number of nitrogens with two attached hydrogens (primary N) is 1. The number of nitrogens with zero attached hydrogens (tertiary/aromatic N) is 1. The topological polar surface area (TPSA) is 48.1 Å². The Balaban J connectivity index is 2.50. The van der Waals surface area contributed by atoms with Gasteiger partial charge in [-0.25, -0.2) is 9.37 Å². The van der Waals surface area contributed by atoms with Crippen LogP contribution in [0.5, 0.6) is 11.6 Å². The van der Waals surface area contributed by atoms with Gasteiger partial charge in [-0.1, -0.05) is 28.1 Å². The molecule has 0 unspecified atom stereocenters. The number of rotatable bonds is 3. The number of aryl methyl sites for hydroxylation is 2. The SMILES string of the molecule is Cc1cc(C)c(C(N)=S)c(Oc2ccc(Br)cc2F)n1. The van der Waals surface area contributed by atoms with E-state index in [1.54, 1.807) is 6.07 Å². The van der Waals surface area contributed by atoms with Gasteiger partial charge in [0, 0.05) is 10.2 Å². The predicted molar refractivity (Wildman–Crippen MR) is 83.8 cm³/mol. The third kappa shape index (κ3) is 3.13. The quantitative estimate of drug-likeness (QED) is 0.845. The van der Waals surface area contributed by atoms with Crippen molar-refractivity contribution >= 4 is 33.1 Å². The van der Waals surface area contributed by atoms with Gasteiger partial charge in [0.1, 0.15) is 4.99 Å². The van der Waals surface area contributed by atoms with Crippen LogP contribution in [0.15, 0.2) is 28.7 Å². The monoisotopic (exact) mass is 354 g/mol. The van der Waals surface area contributed by atoms with E-state index in [9.17, 15) is 4.39 Å². The van der Waals surface area contributed by atoms with Crippen molar-refractivity contribution in [3.05, 3.63) is 51.4 Å². The molecule has 0 atom stereocenters. The minimum atomic E-state index is -0.491. The highest BCUT2D eigenvalue weighted by Gasteiger charge is 2.15. The summed E-state index contributed by atoms with van der Waals surface area (Å²) in [4.78, 5) is 4.41. The van der Waals surface area contributed by atoms with Crippen LogP contribution >= 0.6 is 28.1 Å². The van der Waals surface area contributed by atoms with Crippen LogP contribution in [0.3, 0.4) is 0 Å². The Bertz CT molecular complexity index is 691. The number of benzene rings is 1. The molecule has 2 aromatic rings. The molecule has 0 aliphatic carbocycles. The van der Waals surface area contributed by atoms with Gasteiger partial charge >= 0.3 is 0 Å². The smallest absolute Gasteiger partial charge is 0.230 e. The molecule has 2 N–H and O–H groups in total. The summed E-state index contributed by atoms with van der Waals surface area (Å²) in [6.45, 7) is 3.68. The van der Waals surface area contributed by atoms with E-state index in [1.807, 2.05) is 19.9 Å². The lowest BCUT2D eigenvalue weighted by Gasteiger charge is -2.13. The molecule has 0 amide bonds. The van der Waals surface area contributed by atoms with Crippen LogP contribution in [0.1, 0.15) is 16.8 Å². The van der Waals surface area contributed by atoms with E-state index in [0.29, 0.717) is 10.0 Å². The second-order valence-electron chi connectivity index (χ2n) is 4.30. The minimum Gasteiger partial charge on any atom is -0.435 e. The van der Waals surface area contributed by atoms with Gasteiger partial charge < -0.3 is 10.5 Å². The van der Waals surface area contributed by atoms with Gasteiger partial charge in [0.2, 0.25) is 5.88 Å². The summed E-state index contributed by atoms with van der Waals surface area (Å²) < 4.78 is 20.0. The number of aromatic nitrogens is 1. The summed E-state index contributed by atoms with van der Waals surface area (Å²) in [5, 5.41) is 0. The molecule has 0 saturated carbocycles. The van der Waals surface area contributed by atoms with E-state index >= 15 is 0 Å². The number of hydrogen-bond acceptors (Lipinski definition) is 3. The average Bonchev–Trinajstić information content (AvgIpc) is 2.31. The van der Waals surface area contributed by atoms with Crippen molar-refractivity contribution < 1.29 is 9.13 Å². The molecule has 0 radical (unpaired) electrons. The molecule has 6 heteroatoms. The number of pyridine rings is 1. The van der Waals surface area contributed by atoms with E-state index in [4.69, 9.17) is 22.7 Å². The molecule has 1 heterocycles. The first-order valence-corrected chi connectivity index (χ1v) is 6.99. The second-order valence-corrected chi connectivity index (χ2v) is 5.66. The molecule has 1 aromatic carbocycles. The highest BCUT2D eigenvalue weighted by Crippen LogP contribution is 2.29. The summed E-state index contributed by atoms with van der Waals surface area (Å²) in [5.74, 6) is -0.200. The van der Waals surface area contributed by atoms with Crippen LogP contribution in [-0.4, -0.2) is 9.97 Å². The van der Waals surface area contributed by atoms with Crippen molar-refractivity contribution in [1.29, 1.82) is 0 Å². The van der Waals surface area contributed by atoms with Crippen molar-refractivity contribution in [2.75, 3.05) is 0 Å². The molecule has 0 saturated heterocycles. The molecule has 0 bridgehead atoms. The fourth-order valence-corrected chi connectivity index (χ4v) is 2.42.